The molecule has 122 valence electrons. The summed E-state index contributed by atoms with van der Waals surface area (Å²) in [6.07, 6.45) is 1.83. The summed E-state index contributed by atoms with van der Waals surface area (Å²) in [4.78, 5) is 15.0. The van der Waals surface area contributed by atoms with Gasteiger partial charge in [-0.15, -0.1) is 11.8 Å². The summed E-state index contributed by atoms with van der Waals surface area (Å²) in [7, 11) is -3.23. The second-order valence-electron chi connectivity index (χ2n) is 5.69. The van der Waals surface area contributed by atoms with Gasteiger partial charge < -0.3 is 4.90 Å². The number of benzene rings is 1. The molecule has 1 aromatic carbocycles. The number of carbonyl (C=O) groups excluding carboxylic acids is 1. The Bertz CT molecular complexity index is 620. The maximum atomic E-state index is 12.0. The van der Waals surface area contributed by atoms with E-state index in [9.17, 15) is 13.2 Å². The Morgan fingerprint density at radius 2 is 2.00 bits per heavy atom. The Kier molecular flexibility index (Phi) is 5.92. The van der Waals surface area contributed by atoms with Crippen molar-refractivity contribution in [2.24, 2.45) is 0 Å². The first-order chi connectivity index (χ1) is 10.4. The number of carbonyl (C=O) groups is 1. The Morgan fingerprint density at radius 3 is 2.59 bits per heavy atom. The number of hydrogen-bond donors (Lipinski definition) is 0. The lowest BCUT2D eigenvalue weighted by Gasteiger charge is -2.31. The SMILES string of the molecule is CCS(=O)(=O)CC(=O)N1CCC(Sc2cccc(C)c2)CC1. The average Bonchev–Trinajstić information content (AvgIpc) is 2.47. The molecule has 0 aliphatic carbocycles. The molecule has 2 rings (SSSR count). The van der Waals surface area contributed by atoms with Crippen LogP contribution in [0.1, 0.15) is 25.3 Å². The number of likely N-dealkylation sites (tertiary alicyclic amines) is 1. The molecule has 1 amide bonds. The lowest BCUT2D eigenvalue weighted by molar-refractivity contribution is -0.129. The molecule has 0 spiro atoms. The van der Waals surface area contributed by atoms with Crippen LogP contribution in [0.5, 0.6) is 0 Å². The Morgan fingerprint density at radius 1 is 1.32 bits per heavy atom. The van der Waals surface area contributed by atoms with Crippen molar-refractivity contribution in [1.29, 1.82) is 0 Å². The second kappa shape index (κ2) is 7.51. The number of sulfone groups is 1. The number of hydrogen-bond acceptors (Lipinski definition) is 4. The second-order valence-corrected chi connectivity index (χ2v) is 9.42. The fraction of sp³-hybridized carbons (Fsp3) is 0.562. The molecule has 1 aliphatic rings. The van der Waals surface area contributed by atoms with Gasteiger partial charge in [0.2, 0.25) is 5.91 Å². The highest BCUT2D eigenvalue weighted by Crippen LogP contribution is 2.30. The highest BCUT2D eigenvalue weighted by molar-refractivity contribution is 8.00. The van der Waals surface area contributed by atoms with Crippen molar-refractivity contribution in [3.63, 3.8) is 0 Å². The lowest BCUT2D eigenvalue weighted by atomic mass is 10.1. The third-order valence-corrected chi connectivity index (χ3v) is 6.77. The van der Waals surface area contributed by atoms with E-state index in [2.05, 4.69) is 31.2 Å². The topological polar surface area (TPSA) is 54.5 Å². The van der Waals surface area contributed by atoms with Crippen LogP contribution in [-0.2, 0) is 14.6 Å². The van der Waals surface area contributed by atoms with Crippen molar-refractivity contribution in [1.82, 2.24) is 4.90 Å². The Hall–Kier alpha value is -1.01. The molecule has 22 heavy (non-hydrogen) atoms. The van der Waals surface area contributed by atoms with Crippen LogP contribution in [0.15, 0.2) is 29.2 Å². The van der Waals surface area contributed by atoms with Gasteiger partial charge in [-0.3, -0.25) is 4.79 Å². The third-order valence-electron chi connectivity index (χ3n) is 3.87. The predicted molar refractivity (Wildman–Crippen MR) is 91.0 cm³/mol. The minimum absolute atomic E-state index is 0.0262. The highest BCUT2D eigenvalue weighted by atomic mass is 32.2. The van der Waals surface area contributed by atoms with Gasteiger partial charge in [-0.2, -0.15) is 0 Å². The van der Waals surface area contributed by atoms with Crippen LogP contribution >= 0.6 is 11.8 Å². The zero-order valence-electron chi connectivity index (χ0n) is 13.1. The standard InChI is InChI=1S/C16H23NO3S2/c1-3-22(19,20)12-16(18)17-9-7-14(8-10-17)21-15-6-4-5-13(2)11-15/h4-6,11,14H,3,7-10,12H2,1-2H3. The van der Waals surface area contributed by atoms with Gasteiger partial charge in [0.05, 0.1) is 0 Å². The monoisotopic (exact) mass is 341 g/mol. The summed E-state index contributed by atoms with van der Waals surface area (Å²) in [5.74, 6) is -0.571. The number of piperidine rings is 1. The van der Waals surface area contributed by atoms with Crippen molar-refractivity contribution in [2.75, 3.05) is 24.6 Å². The van der Waals surface area contributed by atoms with Gasteiger partial charge in [-0.25, -0.2) is 8.42 Å². The number of nitrogens with zero attached hydrogens (tertiary/aromatic N) is 1. The van der Waals surface area contributed by atoms with E-state index in [1.807, 2.05) is 11.8 Å². The smallest absolute Gasteiger partial charge is 0.237 e. The summed E-state index contributed by atoms with van der Waals surface area (Å²) in [6, 6.07) is 8.43. The van der Waals surface area contributed by atoms with Gasteiger partial charge in [0.25, 0.3) is 0 Å². The van der Waals surface area contributed by atoms with Crippen molar-refractivity contribution >= 4 is 27.5 Å². The number of amides is 1. The van der Waals surface area contributed by atoms with Crippen LogP contribution in [0.4, 0.5) is 0 Å². The van der Waals surface area contributed by atoms with Crippen molar-refractivity contribution < 1.29 is 13.2 Å². The number of thioether (sulfide) groups is 1. The zero-order chi connectivity index (χ0) is 16.2. The van der Waals surface area contributed by atoms with Crippen molar-refractivity contribution in [3.05, 3.63) is 29.8 Å². The van der Waals surface area contributed by atoms with Crippen molar-refractivity contribution in [3.8, 4) is 0 Å². The molecule has 1 aromatic rings. The van der Waals surface area contributed by atoms with E-state index in [-0.39, 0.29) is 17.4 Å². The van der Waals surface area contributed by atoms with E-state index in [1.165, 1.54) is 10.5 Å². The molecule has 6 heteroatoms. The molecule has 0 radical (unpaired) electrons. The predicted octanol–water partition coefficient (Wildman–Crippen LogP) is 2.51. The van der Waals surface area contributed by atoms with E-state index >= 15 is 0 Å². The maximum absolute atomic E-state index is 12.0. The zero-order valence-corrected chi connectivity index (χ0v) is 14.8. The molecule has 0 atom stereocenters. The first-order valence-corrected chi connectivity index (χ1v) is 10.3. The van der Waals surface area contributed by atoms with Crippen LogP contribution in [-0.4, -0.2) is 49.1 Å². The fourth-order valence-corrected chi connectivity index (χ4v) is 4.49. The first-order valence-electron chi connectivity index (χ1n) is 7.61. The fourth-order valence-electron chi connectivity index (χ4n) is 2.49. The molecular formula is C16H23NO3S2. The molecule has 0 unspecified atom stereocenters. The molecule has 1 saturated heterocycles. The molecule has 1 fully saturated rings. The van der Waals surface area contributed by atoms with Crippen LogP contribution in [0.2, 0.25) is 0 Å². The van der Waals surface area contributed by atoms with Gasteiger partial charge in [-0.1, -0.05) is 24.6 Å². The molecule has 0 aromatic heterocycles. The Balaban J connectivity index is 1.84. The Labute approximate surface area is 137 Å². The lowest BCUT2D eigenvalue weighted by Crippen LogP contribution is -2.42. The average molecular weight is 341 g/mol. The molecule has 1 heterocycles. The van der Waals surface area contributed by atoms with Crippen LogP contribution < -0.4 is 0 Å². The quantitative estimate of drug-likeness (QED) is 0.826. The molecule has 0 bridgehead atoms. The summed E-state index contributed by atoms with van der Waals surface area (Å²) in [5, 5.41) is 0.494. The molecule has 0 saturated carbocycles. The van der Waals surface area contributed by atoms with E-state index in [4.69, 9.17) is 0 Å². The minimum Gasteiger partial charge on any atom is -0.342 e. The summed E-state index contributed by atoms with van der Waals surface area (Å²) in [5.41, 5.74) is 1.25. The summed E-state index contributed by atoms with van der Waals surface area (Å²) in [6.45, 7) is 4.97. The van der Waals surface area contributed by atoms with E-state index in [0.29, 0.717) is 18.3 Å². The number of rotatable bonds is 5. The van der Waals surface area contributed by atoms with Crippen molar-refractivity contribution in [2.45, 2.75) is 36.8 Å². The van der Waals surface area contributed by atoms with Gasteiger partial charge >= 0.3 is 0 Å². The maximum Gasteiger partial charge on any atom is 0.237 e. The molecule has 1 aliphatic heterocycles. The first kappa shape index (κ1) is 17.3. The van der Waals surface area contributed by atoms with Gasteiger partial charge in [0, 0.05) is 29.0 Å². The molecule has 4 nitrogen and oxygen atoms in total. The summed E-state index contributed by atoms with van der Waals surface area (Å²) < 4.78 is 23.1. The largest absolute Gasteiger partial charge is 0.342 e. The van der Waals surface area contributed by atoms with Gasteiger partial charge in [0.15, 0.2) is 9.84 Å². The van der Waals surface area contributed by atoms with Gasteiger partial charge in [-0.05, 0) is 31.9 Å². The van der Waals surface area contributed by atoms with E-state index in [0.717, 1.165) is 12.8 Å². The van der Waals surface area contributed by atoms with Crippen LogP contribution in [0.3, 0.4) is 0 Å². The molecular weight excluding hydrogens is 318 g/mol. The minimum atomic E-state index is -3.23. The normalized spacial score (nSPS) is 16.7. The van der Waals surface area contributed by atoms with Crippen LogP contribution in [0.25, 0.3) is 0 Å². The van der Waals surface area contributed by atoms with Gasteiger partial charge in [0.1, 0.15) is 5.75 Å². The molecule has 0 N–H and O–H groups in total. The number of aryl methyl sites for hydroxylation is 1. The summed E-state index contributed by atoms with van der Waals surface area (Å²) >= 11 is 1.85. The van der Waals surface area contributed by atoms with E-state index in [1.54, 1.807) is 11.8 Å². The van der Waals surface area contributed by atoms with Crippen LogP contribution in [0, 0.1) is 6.92 Å². The van der Waals surface area contributed by atoms with E-state index < -0.39 is 9.84 Å². The highest BCUT2D eigenvalue weighted by Gasteiger charge is 2.26. The third kappa shape index (κ3) is 5.02.